The third-order valence-corrected chi connectivity index (χ3v) is 3.91. The minimum Gasteiger partial charge on any atom is -0.481 e. The molecule has 1 aromatic heterocycles. The fourth-order valence-electron chi connectivity index (χ4n) is 2.33. The van der Waals surface area contributed by atoms with E-state index < -0.39 is 22.6 Å². The van der Waals surface area contributed by atoms with E-state index in [0.717, 1.165) is 9.13 Å². The van der Waals surface area contributed by atoms with E-state index >= 15 is 0 Å². The van der Waals surface area contributed by atoms with Gasteiger partial charge in [-0.1, -0.05) is 0 Å². The Morgan fingerprint density at radius 2 is 2.05 bits per heavy atom. The van der Waals surface area contributed by atoms with E-state index in [2.05, 4.69) is 0 Å². The molecule has 0 aromatic carbocycles. The molecule has 0 aliphatic carbocycles. The van der Waals surface area contributed by atoms with E-state index in [1.54, 1.807) is 6.92 Å². The van der Waals surface area contributed by atoms with E-state index in [9.17, 15) is 19.2 Å². The standard InChI is InChI=1S/C13H17N3O5/c1-13(11(19)20)4-6-16(8-13)10(18)7-15-5-3-9(17)14(2)12(15)21/h3,5H,4,6-8H2,1-2H3,(H,19,20). The number of likely N-dealkylation sites (tertiary alicyclic amines) is 1. The molecule has 8 heteroatoms. The molecule has 8 nitrogen and oxygen atoms in total. The Bertz CT molecular complexity index is 704. The Hall–Kier alpha value is -2.38. The van der Waals surface area contributed by atoms with Gasteiger partial charge in [-0.25, -0.2) is 4.79 Å². The molecule has 1 aliphatic heterocycles. The van der Waals surface area contributed by atoms with Crippen molar-refractivity contribution in [2.75, 3.05) is 13.1 Å². The summed E-state index contributed by atoms with van der Waals surface area (Å²) in [7, 11) is 1.34. The quantitative estimate of drug-likeness (QED) is 0.760. The molecule has 0 saturated carbocycles. The maximum Gasteiger partial charge on any atom is 0.331 e. The fourth-order valence-corrected chi connectivity index (χ4v) is 2.33. The van der Waals surface area contributed by atoms with Crippen LogP contribution in [-0.4, -0.2) is 44.1 Å². The number of carboxylic acids is 1. The van der Waals surface area contributed by atoms with Gasteiger partial charge in [0.15, 0.2) is 0 Å². The first-order chi connectivity index (χ1) is 9.74. The van der Waals surface area contributed by atoms with Gasteiger partial charge >= 0.3 is 11.7 Å². The van der Waals surface area contributed by atoms with Gasteiger partial charge < -0.3 is 10.0 Å². The number of aliphatic carboxylic acids is 1. The van der Waals surface area contributed by atoms with Crippen molar-refractivity contribution in [3.05, 3.63) is 33.1 Å². The topological polar surface area (TPSA) is 102 Å². The monoisotopic (exact) mass is 295 g/mol. The number of carbonyl (C=O) groups excluding carboxylic acids is 1. The molecular weight excluding hydrogens is 278 g/mol. The Balaban J connectivity index is 2.14. The molecule has 0 radical (unpaired) electrons. The lowest BCUT2D eigenvalue weighted by atomic mass is 9.90. The molecule has 114 valence electrons. The zero-order valence-corrected chi connectivity index (χ0v) is 11.9. The summed E-state index contributed by atoms with van der Waals surface area (Å²) in [6.45, 7) is 1.87. The van der Waals surface area contributed by atoms with Crippen LogP contribution in [0.4, 0.5) is 0 Å². The Morgan fingerprint density at radius 1 is 1.38 bits per heavy atom. The maximum atomic E-state index is 12.2. The summed E-state index contributed by atoms with van der Waals surface area (Å²) in [4.78, 5) is 47.9. The first kappa shape index (κ1) is 15.0. The molecule has 1 fully saturated rings. The number of hydrogen-bond acceptors (Lipinski definition) is 4. The number of carbonyl (C=O) groups is 2. The summed E-state index contributed by atoms with van der Waals surface area (Å²) in [6, 6.07) is 1.21. The Kier molecular flexibility index (Phi) is 3.71. The number of aromatic nitrogens is 2. The molecule has 21 heavy (non-hydrogen) atoms. The molecule has 1 unspecified atom stereocenters. The molecule has 1 saturated heterocycles. The highest BCUT2D eigenvalue weighted by Crippen LogP contribution is 2.30. The highest BCUT2D eigenvalue weighted by atomic mass is 16.4. The van der Waals surface area contributed by atoms with Crippen LogP contribution in [0.2, 0.25) is 0 Å². The molecule has 2 rings (SSSR count). The van der Waals surface area contributed by atoms with E-state index in [4.69, 9.17) is 5.11 Å². The van der Waals surface area contributed by atoms with Crippen LogP contribution in [0.3, 0.4) is 0 Å². The second-order valence-corrected chi connectivity index (χ2v) is 5.55. The van der Waals surface area contributed by atoms with Crippen LogP contribution >= 0.6 is 0 Å². The van der Waals surface area contributed by atoms with E-state index in [0.29, 0.717) is 13.0 Å². The molecule has 0 spiro atoms. The lowest BCUT2D eigenvalue weighted by Crippen LogP contribution is -2.42. The van der Waals surface area contributed by atoms with Crippen LogP contribution in [0.15, 0.2) is 21.9 Å². The van der Waals surface area contributed by atoms with Crippen molar-refractivity contribution in [1.82, 2.24) is 14.0 Å². The lowest BCUT2D eigenvalue weighted by Gasteiger charge is -2.20. The van der Waals surface area contributed by atoms with Gasteiger partial charge in [-0.2, -0.15) is 0 Å². The first-order valence-electron chi connectivity index (χ1n) is 6.52. The Morgan fingerprint density at radius 3 is 2.62 bits per heavy atom. The van der Waals surface area contributed by atoms with Crippen molar-refractivity contribution in [2.24, 2.45) is 12.5 Å². The highest BCUT2D eigenvalue weighted by molar-refractivity contribution is 5.80. The van der Waals surface area contributed by atoms with Gasteiger partial charge in [-0.15, -0.1) is 0 Å². The summed E-state index contributed by atoms with van der Waals surface area (Å²) in [6.07, 6.45) is 1.66. The number of nitrogens with zero attached hydrogens (tertiary/aromatic N) is 3. The van der Waals surface area contributed by atoms with E-state index in [1.165, 1.54) is 24.2 Å². The second-order valence-electron chi connectivity index (χ2n) is 5.55. The SMILES string of the molecule is Cn1c(=O)ccn(CC(=O)N2CCC(C)(C(=O)O)C2)c1=O. The van der Waals surface area contributed by atoms with Crippen LogP contribution in [0.1, 0.15) is 13.3 Å². The summed E-state index contributed by atoms with van der Waals surface area (Å²) in [5.41, 5.74) is -1.95. The number of amides is 1. The van der Waals surface area contributed by atoms with Gasteiger partial charge in [0, 0.05) is 32.4 Å². The van der Waals surface area contributed by atoms with Crippen molar-refractivity contribution >= 4 is 11.9 Å². The third kappa shape index (κ3) is 2.74. The van der Waals surface area contributed by atoms with Crippen LogP contribution in [0, 0.1) is 5.41 Å². The smallest absolute Gasteiger partial charge is 0.331 e. The normalized spacial score (nSPS) is 21.5. The van der Waals surface area contributed by atoms with Crippen molar-refractivity contribution in [3.63, 3.8) is 0 Å². The molecule has 0 bridgehead atoms. The van der Waals surface area contributed by atoms with Crippen LogP contribution in [0.5, 0.6) is 0 Å². The molecular formula is C13H17N3O5. The largest absolute Gasteiger partial charge is 0.481 e. The average Bonchev–Trinajstić information content (AvgIpc) is 2.84. The first-order valence-corrected chi connectivity index (χ1v) is 6.52. The maximum absolute atomic E-state index is 12.2. The predicted molar refractivity (Wildman–Crippen MR) is 72.9 cm³/mol. The van der Waals surface area contributed by atoms with Crippen molar-refractivity contribution in [3.8, 4) is 0 Å². The predicted octanol–water partition coefficient (Wildman–Crippen LogP) is -1.13. The van der Waals surface area contributed by atoms with Crippen molar-refractivity contribution in [2.45, 2.75) is 19.9 Å². The van der Waals surface area contributed by atoms with Crippen LogP contribution < -0.4 is 11.2 Å². The number of carboxylic acid groups (broad SMARTS) is 1. The molecule has 2 heterocycles. The minimum atomic E-state index is -0.940. The van der Waals surface area contributed by atoms with Gasteiger partial charge in [-0.05, 0) is 13.3 Å². The Labute approximate surface area is 120 Å². The van der Waals surface area contributed by atoms with Gasteiger partial charge in [0.2, 0.25) is 5.91 Å². The van der Waals surface area contributed by atoms with E-state index in [1.807, 2.05) is 0 Å². The highest BCUT2D eigenvalue weighted by Gasteiger charge is 2.42. The molecule has 1 amide bonds. The lowest BCUT2D eigenvalue weighted by molar-refractivity contribution is -0.147. The number of rotatable bonds is 3. The summed E-state index contributed by atoms with van der Waals surface area (Å²) in [5.74, 6) is -1.27. The zero-order chi connectivity index (χ0) is 15.8. The molecule has 1 atom stereocenters. The third-order valence-electron chi connectivity index (χ3n) is 3.91. The summed E-state index contributed by atoms with van der Waals surface area (Å²) in [5, 5.41) is 9.14. The zero-order valence-electron chi connectivity index (χ0n) is 11.9. The molecule has 1 aliphatic rings. The summed E-state index contributed by atoms with van der Waals surface area (Å²) >= 11 is 0. The van der Waals surface area contributed by atoms with Gasteiger partial charge in [0.1, 0.15) is 6.54 Å². The van der Waals surface area contributed by atoms with Crippen LogP contribution in [-0.2, 0) is 23.2 Å². The van der Waals surface area contributed by atoms with Gasteiger partial charge in [0.05, 0.1) is 5.41 Å². The molecule has 1 aromatic rings. The number of hydrogen-bond donors (Lipinski definition) is 1. The van der Waals surface area contributed by atoms with Crippen molar-refractivity contribution < 1.29 is 14.7 Å². The fraction of sp³-hybridized carbons (Fsp3) is 0.538. The summed E-state index contributed by atoms with van der Waals surface area (Å²) < 4.78 is 2.05. The van der Waals surface area contributed by atoms with Gasteiger partial charge in [0.25, 0.3) is 5.56 Å². The average molecular weight is 295 g/mol. The minimum absolute atomic E-state index is 0.127. The van der Waals surface area contributed by atoms with Crippen molar-refractivity contribution in [1.29, 1.82) is 0 Å². The van der Waals surface area contributed by atoms with Crippen LogP contribution in [0.25, 0.3) is 0 Å². The van der Waals surface area contributed by atoms with Gasteiger partial charge in [-0.3, -0.25) is 23.5 Å². The van der Waals surface area contributed by atoms with E-state index in [-0.39, 0.29) is 19.0 Å². The molecule has 1 N–H and O–H groups in total. The second kappa shape index (κ2) is 5.19.